The zero-order chi connectivity index (χ0) is 16.8. The lowest BCUT2D eigenvalue weighted by molar-refractivity contribution is -0.0173. The molecule has 3 heteroatoms. The van der Waals surface area contributed by atoms with Crippen LogP contribution in [0.5, 0.6) is 0 Å². The van der Waals surface area contributed by atoms with Crippen molar-refractivity contribution in [2.45, 2.75) is 37.7 Å². The maximum atomic E-state index is 11.4. The Morgan fingerprint density at radius 3 is 2.38 bits per heavy atom. The van der Waals surface area contributed by atoms with E-state index in [9.17, 15) is 5.11 Å². The van der Waals surface area contributed by atoms with Crippen molar-refractivity contribution >= 4 is 0 Å². The third-order valence-corrected chi connectivity index (χ3v) is 5.69. The molecule has 24 heavy (non-hydrogen) atoms. The van der Waals surface area contributed by atoms with Crippen LogP contribution in [0, 0.1) is 17.8 Å². The Morgan fingerprint density at radius 1 is 1.04 bits per heavy atom. The van der Waals surface area contributed by atoms with Gasteiger partial charge in [0.2, 0.25) is 0 Å². The van der Waals surface area contributed by atoms with E-state index in [-0.39, 0.29) is 0 Å². The highest BCUT2D eigenvalue weighted by Gasteiger charge is 2.39. The highest BCUT2D eigenvalue weighted by molar-refractivity contribution is 5.26. The van der Waals surface area contributed by atoms with Crippen LogP contribution >= 0.6 is 0 Å². The molecule has 1 saturated carbocycles. The van der Waals surface area contributed by atoms with E-state index in [2.05, 4.69) is 40.8 Å². The fraction of sp³-hybridized carbons (Fsp3) is 0.619. The molecule has 2 fully saturated rings. The first-order valence-electron chi connectivity index (χ1n) is 9.33. The van der Waals surface area contributed by atoms with E-state index in [4.69, 9.17) is 0 Å². The smallest absolute Gasteiger partial charge is 0.103 e. The van der Waals surface area contributed by atoms with E-state index < -0.39 is 5.60 Å². The van der Waals surface area contributed by atoms with Gasteiger partial charge in [0.05, 0.1) is 6.54 Å². The van der Waals surface area contributed by atoms with Gasteiger partial charge in [-0.3, -0.25) is 4.90 Å². The normalized spacial score (nSPS) is 22.8. The van der Waals surface area contributed by atoms with E-state index >= 15 is 0 Å². The van der Waals surface area contributed by atoms with E-state index in [0.717, 1.165) is 51.1 Å². The third-order valence-electron chi connectivity index (χ3n) is 5.69. The monoisotopic (exact) mass is 326 g/mol. The fourth-order valence-electron chi connectivity index (χ4n) is 3.98. The van der Waals surface area contributed by atoms with Crippen LogP contribution < -0.4 is 0 Å². The fourth-order valence-corrected chi connectivity index (χ4v) is 3.98. The summed E-state index contributed by atoms with van der Waals surface area (Å²) in [6, 6.07) is 10.2. The number of nitrogens with zero attached hydrogens (tertiary/aromatic N) is 2. The maximum Gasteiger partial charge on any atom is 0.103 e. The molecule has 0 unspecified atom stereocenters. The minimum Gasteiger partial charge on any atom is -0.384 e. The lowest BCUT2D eigenvalue weighted by Crippen LogP contribution is -2.44. The molecule has 0 radical (unpaired) electrons. The Morgan fingerprint density at radius 2 is 1.71 bits per heavy atom. The molecule has 0 spiro atoms. The Bertz CT molecular complexity index is 562. The van der Waals surface area contributed by atoms with Crippen molar-refractivity contribution < 1.29 is 5.11 Å². The quantitative estimate of drug-likeness (QED) is 0.862. The van der Waals surface area contributed by atoms with Gasteiger partial charge in [0.25, 0.3) is 0 Å². The summed E-state index contributed by atoms with van der Waals surface area (Å²) in [5.41, 5.74) is 0.248. The van der Waals surface area contributed by atoms with Gasteiger partial charge in [-0.25, -0.2) is 0 Å². The number of likely N-dealkylation sites (N-methyl/N-ethyl adjacent to an activating group) is 1. The first-order chi connectivity index (χ1) is 11.7. The second-order valence-electron chi connectivity index (χ2n) is 7.38. The topological polar surface area (TPSA) is 26.7 Å². The summed E-state index contributed by atoms with van der Waals surface area (Å²) >= 11 is 0. The summed E-state index contributed by atoms with van der Waals surface area (Å²) in [6.07, 6.45) is 5.25. The molecule has 1 aliphatic carbocycles. The second-order valence-corrected chi connectivity index (χ2v) is 7.38. The first-order valence-corrected chi connectivity index (χ1v) is 9.33. The number of aliphatic hydroxyl groups is 1. The van der Waals surface area contributed by atoms with Crippen molar-refractivity contribution in [3.05, 3.63) is 35.9 Å². The van der Waals surface area contributed by atoms with Crippen molar-refractivity contribution in [3.63, 3.8) is 0 Å². The summed E-state index contributed by atoms with van der Waals surface area (Å²) in [5.74, 6) is 6.97. The van der Waals surface area contributed by atoms with Gasteiger partial charge in [-0.2, -0.15) is 0 Å². The van der Waals surface area contributed by atoms with Crippen molar-refractivity contribution in [1.29, 1.82) is 0 Å². The molecule has 1 saturated heterocycles. The minimum atomic E-state index is -0.785. The van der Waals surface area contributed by atoms with Crippen LogP contribution in [-0.2, 0) is 5.60 Å². The number of hydrogen-bond donors (Lipinski definition) is 1. The van der Waals surface area contributed by atoms with Crippen molar-refractivity contribution in [3.8, 4) is 11.8 Å². The molecule has 1 heterocycles. The number of hydrogen-bond acceptors (Lipinski definition) is 3. The standard InChI is InChI=1S/C21H30N2O/c1-22-15-17-23(18-16-22)14-8-7-13-21(24,20-11-5-6-12-20)19-9-3-2-4-10-19/h2-4,9-10,20,24H,5-6,11-18H2,1H3/t21-/m0/s1. The maximum absolute atomic E-state index is 11.4. The van der Waals surface area contributed by atoms with Gasteiger partial charge in [0.1, 0.15) is 5.60 Å². The van der Waals surface area contributed by atoms with Gasteiger partial charge in [-0.1, -0.05) is 55.0 Å². The van der Waals surface area contributed by atoms with Gasteiger partial charge >= 0.3 is 0 Å². The number of benzene rings is 1. The zero-order valence-corrected chi connectivity index (χ0v) is 14.9. The molecule has 1 aromatic carbocycles. The Kier molecular flexibility index (Phi) is 5.94. The summed E-state index contributed by atoms with van der Waals surface area (Å²) in [6.45, 7) is 5.26. The van der Waals surface area contributed by atoms with Crippen LogP contribution in [0.25, 0.3) is 0 Å². The second kappa shape index (κ2) is 8.16. The van der Waals surface area contributed by atoms with E-state index in [1.54, 1.807) is 0 Å². The van der Waals surface area contributed by atoms with E-state index in [0.29, 0.717) is 12.3 Å². The predicted molar refractivity (Wildman–Crippen MR) is 98.6 cm³/mol. The van der Waals surface area contributed by atoms with Gasteiger partial charge < -0.3 is 10.0 Å². The predicted octanol–water partition coefficient (Wildman–Crippen LogP) is 2.71. The summed E-state index contributed by atoms with van der Waals surface area (Å²) < 4.78 is 0. The minimum absolute atomic E-state index is 0.345. The van der Waals surface area contributed by atoms with Crippen molar-refractivity contribution in [2.24, 2.45) is 5.92 Å². The van der Waals surface area contributed by atoms with Gasteiger partial charge in [0, 0.05) is 32.6 Å². The van der Waals surface area contributed by atoms with Crippen molar-refractivity contribution in [2.75, 3.05) is 39.8 Å². The van der Waals surface area contributed by atoms with Crippen LogP contribution in [0.2, 0.25) is 0 Å². The SMILES string of the molecule is CN1CCN(CC#CC[C@](O)(c2ccccc2)C2CCCC2)CC1. The summed E-state index contributed by atoms with van der Waals surface area (Å²) in [5, 5.41) is 11.4. The van der Waals surface area contributed by atoms with Gasteiger partial charge in [0.15, 0.2) is 0 Å². The molecular weight excluding hydrogens is 296 g/mol. The first kappa shape index (κ1) is 17.5. The molecule has 0 bridgehead atoms. The van der Waals surface area contributed by atoms with Crippen LogP contribution in [0.15, 0.2) is 30.3 Å². The largest absolute Gasteiger partial charge is 0.384 e. The third kappa shape index (κ3) is 4.19. The molecule has 1 aromatic rings. The lowest BCUT2D eigenvalue weighted by atomic mass is 9.78. The number of piperazine rings is 1. The molecule has 1 aliphatic heterocycles. The average Bonchev–Trinajstić information content (AvgIpc) is 3.16. The molecule has 0 amide bonds. The molecule has 1 N–H and O–H groups in total. The van der Waals surface area contributed by atoms with Crippen LogP contribution in [0.3, 0.4) is 0 Å². The molecule has 2 aliphatic rings. The van der Waals surface area contributed by atoms with E-state index in [1.807, 2.05) is 18.2 Å². The summed E-state index contributed by atoms with van der Waals surface area (Å²) in [7, 11) is 2.17. The van der Waals surface area contributed by atoms with Gasteiger partial charge in [-0.15, -0.1) is 0 Å². The van der Waals surface area contributed by atoms with E-state index in [1.165, 1.54) is 12.8 Å². The van der Waals surface area contributed by atoms with Crippen LogP contribution in [0.1, 0.15) is 37.7 Å². The zero-order valence-electron chi connectivity index (χ0n) is 14.9. The Hall–Kier alpha value is -1.34. The molecule has 1 atom stereocenters. The average molecular weight is 326 g/mol. The molecule has 0 aromatic heterocycles. The highest BCUT2D eigenvalue weighted by atomic mass is 16.3. The van der Waals surface area contributed by atoms with Crippen molar-refractivity contribution in [1.82, 2.24) is 9.80 Å². The van der Waals surface area contributed by atoms with Gasteiger partial charge in [-0.05, 0) is 31.4 Å². The lowest BCUT2D eigenvalue weighted by Gasteiger charge is -2.33. The number of rotatable bonds is 4. The summed E-state index contributed by atoms with van der Waals surface area (Å²) in [4.78, 5) is 4.77. The molecule has 130 valence electrons. The molecule has 3 rings (SSSR count). The molecule has 3 nitrogen and oxygen atoms in total. The Labute approximate surface area is 146 Å². The van der Waals surface area contributed by atoms with Crippen LogP contribution in [-0.4, -0.2) is 54.7 Å². The van der Waals surface area contributed by atoms with Crippen LogP contribution in [0.4, 0.5) is 0 Å². The molecular formula is C21H30N2O. The highest BCUT2D eigenvalue weighted by Crippen LogP contribution is 2.42. The Balaban J connectivity index is 1.64.